The van der Waals surface area contributed by atoms with E-state index in [4.69, 9.17) is 0 Å². The number of hydrogen-bond donors (Lipinski definition) is 1. The Morgan fingerprint density at radius 2 is 1.63 bits per heavy atom. The van der Waals surface area contributed by atoms with Gasteiger partial charge in [0.25, 0.3) is 5.91 Å². The van der Waals surface area contributed by atoms with Crippen molar-refractivity contribution in [1.29, 1.82) is 0 Å². The van der Waals surface area contributed by atoms with E-state index >= 15 is 0 Å². The summed E-state index contributed by atoms with van der Waals surface area (Å²) in [5.41, 5.74) is 2.15. The first-order valence-corrected chi connectivity index (χ1v) is 11.3. The van der Waals surface area contributed by atoms with Crippen molar-refractivity contribution in [2.24, 2.45) is 0 Å². The summed E-state index contributed by atoms with van der Waals surface area (Å²) in [7, 11) is -3.48. The molecular formula is C20H23BrN2O3S. The first-order chi connectivity index (χ1) is 12.9. The van der Waals surface area contributed by atoms with E-state index in [1.54, 1.807) is 40.7 Å². The summed E-state index contributed by atoms with van der Waals surface area (Å²) in [5, 5.41) is 2.80. The third-order valence-electron chi connectivity index (χ3n) is 4.75. The fourth-order valence-electron chi connectivity index (χ4n) is 3.08. The monoisotopic (exact) mass is 450 g/mol. The first kappa shape index (κ1) is 20.0. The van der Waals surface area contributed by atoms with Crippen LogP contribution in [-0.4, -0.2) is 31.7 Å². The van der Waals surface area contributed by atoms with Crippen LogP contribution < -0.4 is 5.32 Å². The zero-order valence-electron chi connectivity index (χ0n) is 15.2. The van der Waals surface area contributed by atoms with Gasteiger partial charge in [0.15, 0.2) is 0 Å². The smallest absolute Gasteiger partial charge is 0.255 e. The van der Waals surface area contributed by atoms with Crippen molar-refractivity contribution in [3.05, 3.63) is 58.1 Å². The van der Waals surface area contributed by atoms with E-state index in [0.717, 1.165) is 35.7 Å². The maximum atomic E-state index is 12.8. The molecule has 0 aliphatic carbocycles. The average molecular weight is 451 g/mol. The van der Waals surface area contributed by atoms with Crippen LogP contribution in [0.3, 0.4) is 0 Å². The molecular weight excluding hydrogens is 428 g/mol. The second-order valence-electron chi connectivity index (χ2n) is 6.76. The zero-order chi connectivity index (χ0) is 19.4. The van der Waals surface area contributed by atoms with Crippen molar-refractivity contribution < 1.29 is 13.2 Å². The number of halogens is 1. The van der Waals surface area contributed by atoms with E-state index in [2.05, 4.69) is 21.2 Å². The summed E-state index contributed by atoms with van der Waals surface area (Å²) < 4.78 is 28.0. The van der Waals surface area contributed by atoms with Crippen LogP contribution in [0.2, 0.25) is 0 Å². The third-order valence-corrected chi connectivity index (χ3v) is 7.52. The minimum Gasteiger partial charge on any atom is -0.322 e. The maximum absolute atomic E-state index is 12.8. The molecule has 0 saturated carbocycles. The highest BCUT2D eigenvalue weighted by molar-refractivity contribution is 9.10. The normalized spacial score (nSPS) is 15.9. The van der Waals surface area contributed by atoms with Crippen LogP contribution in [0.4, 0.5) is 5.69 Å². The van der Waals surface area contributed by atoms with Gasteiger partial charge in [0, 0.05) is 28.8 Å². The van der Waals surface area contributed by atoms with Crippen molar-refractivity contribution in [2.75, 3.05) is 18.4 Å². The van der Waals surface area contributed by atoms with Crippen molar-refractivity contribution in [2.45, 2.75) is 37.5 Å². The quantitative estimate of drug-likeness (QED) is 0.741. The second kappa shape index (κ2) is 8.54. The van der Waals surface area contributed by atoms with Gasteiger partial charge in [-0.15, -0.1) is 0 Å². The van der Waals surface area contributed by atoms with Crippen LogP contribution >= 0.6 is 15.9 Å². The molecule has 3 rings (SSSR count). The Hall–Kier alpha value is -1.70. The molecule has 5 nitrogen and oxygen atoms in total. The fraction of sp³-hybridized carbons (Fsp3) is 0.350. The van der Waals surface area contributed by atoms with Gasteiger partial charge >= 0.3 is 0 Å². The number of sulfonamides is 1. The van der Waals surface area contributed by atoms with Crippen LogP contribution in [-0.2, 0) is 10.0 Å². The van der Waals surface area contributed by atoms with E-state index < -0.39 is 10.0 Å². The standard InChI is InChI=1S/C20H23BrN2O3S/c1-15-6-7-16(14-19(15)21)20(24)22-17-8-10-18(11-9-17)27(25,26)23-12-4-2-3-5-13-23/h6-11,14H,2-5,12-13H2,1H3,(H,22,24). The van der Waals surface area contributed by atoms with Crippen LogP contribution in [0.15, 0.2) is 51.8 Å². The highest BCUT2D eigenvalue weighted by atomic mass is 79.9. The van der Waals surface area contributed by atoms with Crippen LogP contribution in [0, 0.1) is 6.92 Å². The predicted molar refractivity (Wildman–Crippen MR) is 111 cm³/mol. The number of hydrogen-bond acceptors (Lipinski definition) is 3. The lowest BCUT2D eigenvalue weighted by molar-refractivity contribution is 0.102. The molecule has 0 spiro atoms. The van der Waals surface area contributed by atoms with E-state index in [9.17, 15) is 13.2 Å². The summed E-state index contributed by atoms with van der Waals surface area (Å²) in [4.78, 5) is 12.7. The molecule has 1 aliphatic rings. The van der Waals surface area contributed by atoms with E-state index in [0.29, 0.717) is 24.3 Å². The number of benzene rings is 2. The minimum atomic E-state index is -3.48. The Kier molecular flexibility index (Phi) is 6.34. The number of rotatable bonds is 4. The van der Waals surface area contributed by atoms with Crippen molar-refractivity contribution >= 4 is 37.5 Å². The molecule has 1 N–H and O–H groups in total. The minimum absolute atomic E-state index is 0.237. The molecule has 0 unspecified atom stereocenters. The lowest BCUT2D eigenvalue weighted by Gasteiger charge is -2.20. The number of carbonyl (C=O) groups is 1. The molecule has 1 fully saturated rings. The van der Waals surface area contributed by atoms with Gasteiger partial charge in [0.2, 0.25) is 10.0 Å². The summed E-state index contributed by atoms with van der Waals surface area (Å²) in [6.07, 6.45) is 3.96. The molecule has 0 atom stereocenters. The highest BCUT2D eigenvalue weighted by Crippen LogP contribution is 2.23. The lowest BCUT2D eigenvalue weighted by atomic mass is 10.1. The highest BCUT2D eigenvalue weighted by Gasteiger charge is 2.25. The molecule has 0 aromatic heterocycles. The fourth-order valence-corrected chi connectivity index (χ4v) is 4.97. The Bertz CT molecular complexity index is 919. The molecule has 1 saturated heterocycles. The second-order valence-corrected chi connectivity index (χ2v) is 9.55. The summed E-state index contributed by atoms with van der Waals surface area (Å²) in [6.45, 7) is 3.10. The van der Waals surface area contributed by atoms with Gasteiger partial charge in [-0.05, 0) is 61.7 Å². The van der Waals surface area contributed by atoms with E-state index in [1.807, 2.05) is 13.0 Å². The van der Waals surface area contributed by atoms with Crippen LogP contribution in [0.5, 0.6) is 0 Å². The molecule has 0 radical (unpaired) electrons. The summed E-state index contributed by atoms with van der Waals surface area (Å²) >= 11 is 3.42. The maximum Gasteiger partial charge on any atom is 0.255 e. The van der Waals surface area contributed by atoms with Gasteiger partial charge in [0.1, 0.15) is 0 Å². The molecule has 1 aliphatic heterocycles. The topological polar surface area (TPSA) is 66.5 Å². The number of carbonyl (C=O) groups excluding carboxylic acids is 1. The van der Waals surface area contributed by atoms with Gasteiger partial charge in [0.05, 0.1) is 4.90 Å². The van der Waals surface area contributed by atoms with Gasteiger partial charge < -0.3 is 5.32 Å². The number of nitrogens with one attached hydrogen (secondary N) is 1. The molecule has 1 heterocycles. The molecule has 7 heteroatoms. The van der Waals surface area contributed by atoms with E-state index in [-0.39, 0.29) is 10.8 Å². The molecule has 1 amide bonds. The van der Waals surface area contributed by atoms with Crippen molar-refractivity contribution in [1.82, 2.24) is 4.31 Å². The Morgan fingerprint density at radius 1 is 1.00 bits per heavy atom. The van der Waals surface area contributed by atoms with Crippen LogP contribution in [0.25, 0.3) is 0 Å². The Morgan fingerprint density at radius 3 is 2.22 bits per heavy atom. The van der Waals surface area contributed by atoms with Crippen molar-refractivity contribution in [3.63, 3.8) is 0 Å². The molecule has 0 bridgehead atoms. The van der Waals surface area contributed by atoms with Gasteiger partial charge in [-0.3, -0.25) is 4.79 Å². The predicted octanol–water partition coefficient (Wildman–Crippen LogP) is 4.57. The molecule has 2 aromatic rings. The summed E-state index contributed by atoms with van der Waals surface area (Å²) in [5.74, 6) is -0.237. The largest absolute Gasteiger partial charge is 0.322 e. The Labute approximate surface area is 169 Å². The number of nitrogens with zero attached hydrogens (tertiary/aromatic N) is 1. The molecule has 2 aromatic carbocycles. The van der Waals surface area contributed by atoms with Gasteiger partial charge in [-0.2, -0.15) is 4.31 Å². The van der Waals surface area contributed by atoms with Gasteiger partial charge in [-0.1, -0.05) is 34.8 Å². The zero-order valence-corrected chi connectivity index (χ0v) is 17.6. The first-order valence-electron chi connectivity index (χ1n) is 9.05. The SMILES string of the molecule is Cc1ccc(C(=O)Nc2ccc(S(=O)(=O)N3CCCCCC3)cc2)cc1Br. The van der Waals surface area contributed by atoms with Crippen LogP contribution in [0.1, 0.15) is 41.6 Å². The number of aryl methyl sites for hydroxylation is 1. The number of amides is 1. The van der Waals surface area contributed by atoms with Gasteiger partial charge in [-0.25, -0.2) is 8.42 Å². The number of anilines is 1. The summed E-state index contributed by atoms with van der Waals surface area (Å²) in [6, 6.07) is 11.8. The lowest BCUT2D eigenvalue weighted by Crippen LogP contribution is -2.31. The van der Waals surface area contributed by atoms with Crippen molar-refractivity contribution in [3.8, 4) is 0 Å². The molecule has 27 heavy (non-hydrogen) atoms. The third kappa shape index (κ3) is 4.78. The van der Waals surface area contributed by atoms with E-state index in [1.165, 1.54) is 0 Å². The molecule has 144 valence electrons. The Balaban J connectivity index is 1.72. The average Bonchev–Trinajstić information content (AvgIpc) is 2.94.